The van der Waals surface area contributed by atoms with Crippen molar-refractivity contribution in [1.82, 2.24) is 9.55 Å². The van der Waals surface area contributed by atoms with E-state index in [-0.39, 0.29) is 5.69 Å². The van der Waals surface area contributed by atoms with Crippen LogP contribution >= 0.6 is 0 Å². The maximum Gasteiger partial charge on any atom is 0.347 e. The van der Waals surface area contributed by atoms with Crippen molar-refractivity contribution in [2.45, 2.75) is 19.8 Å². The molecule has 2 rings (SSSR count). The molecule has 17 heavy (non-hydrogen) atoms. The molecule has 1 aromatic carbocycles. The Morgan fingerprint density at radius 3 is 2.65 bits per heavy atom. The molecule has 0 radical (unpaired) electrons. The summed E-state index contributed by atoms with van der Waals surface area (Å²) in [4.78, 5) is 15.1. The number of rotatable bonds is 2. The van der Waals surface area contributed by atoms with Gasteiger partial charge in [0.2, 0.25) is 0 Å². The molecule has 1 aromatic heterocycles. The SMILES string of the molecule is CC(C)c1cccc(-c2cnc(=O)n(C)c2)c1. The van der Waals surface area contributed by atoms with Gasteiger partial charge in [0.15, 0.2) is 0 Å². The number of aromatic nitrogens is 2. The topological polar surface area (TPSA) is 34.9 Å². The highest BCUT2D eigenvalue weighted by atomic mass is 16.1. The lowest BCUT2D eigenvalue weighted by Gasteiger charge is -2.08. The Morgan fingerprint density at radius 2 is 2.00 bits per heavy atom. The highest BCUT2D eigenvalue weighted by Crippen LogP contribution is 2.22. The van der Waals surface area contributed by atoms with Crippen molar-refractivity contribution in [3.63, 3.8) is 0 Å². The number of benzene rings is 1. The average Bonchev–Trinajstić information content (AvgIpc) is 2.33. The lowest BCUT2D eigenvalue weighted by molar-refractivity contribution is 0.812. The van der Waals surface area contributed by atoms with Crippen molar-refractivity contribution in [2.24, 2.45) is 7.05 Å². The van der Waals surface area contributed by atoms with Gasteiger partial charge in [0.05, 0.1) is 0 Å². The van der Waals surface area contributed by atoms with Crippen LogP contribution in [0.4, 0.5) is 0 Å². The number of hydrogen-bond donors (Lipinski definition) is 0. The van der Waals surface area contributed by atoms with E-state index in [0.29, 0.717) is 5.92 Å². The van der Waals surface area contributed by atoms with Crippen LogP contribution in [0.2, 0.25) is 0 Å². The smallest absolute Gasteiger partial charge is 0.302 e. The van der Waals surface area contributed by atoms with Crippen LogP contribution in [0.25, 0.3) is 11.1 Å². The van der Waals surface area contributed by atoms with Gasteiger partial charge in [0, 0.05) is 25.0 Å². The quantitative estimate of drug-likeness (QED) is 0.791. The Balaban J connectivity index is 2.49. The molecular formula is C14H16N2O. The summed E-state index contributed by atoms with van der Waals surface area (Å²) in [5.41, 5.74) is 3.12. The summed E-state index contributed by atoms with van der Waals surface area (Å²) in [7, 11) is 1.71. The molecule has 0 unspecified atom stereocenters. The number of nitrogens with zero attached hydrogens (tertiary/aromatic N) is 2. The van der Waals surface area contributed by atoms with E-state index in [0.717, 1.165) is 11.1 Å². The molecule has 3 heteroatoms. The van der Waals surface area contributed by atoms with Crippen molar-refractivity contribution in [1.29, 1.82) is 0 Å². The fourth-order valence-electron chi connectivity index (χ4n) is 1.74. The van der Waals surface area contributed by atoms with E-state index in [1.165, 1.54) is 10.1 Å². The third kappa shape index (κ3) is 2.44. The molecule has 0 saturated carbocycles. The first-order chi connectivity index (χ1) is 8.08. The summed E-state index contributed by atoms with van der Waals surface area (Å²) in [5.74, 6) is 0.496. The zero-order chi connectivity index (χ0) is 12.4. The van der Waals surface area contributed by atoms with Gasteiger partial charge in [-0.25, -0.2) is 9.78 Å². The van der Waals surface area contributed by atoms with E-state index in [1.54, 1.807) is 13.2 Å². The van der Waals surface area contributed by atoms with E-state index < -0.39 is 0 Å². The van der Waals surface area contributed by atoms with Gasteiger partial charge in [-0.3, -0.25) is 0 Å². The summed E-state index contributed by atoms with van der Waals surface area (Å²) in [6.45, 7) is 4.33. The van der Waals surface area contributed by atoms with Crippen molar-refractivity contribution < 1.29 is 0 Å². The molecule has 88 valence electrons. The predicted molar refractivity (Wildman–Crippen MR) is 69.0 cm³/mol. The summed E-state index contributed by atoms with van der Waals surface area (Å²) in [6.07, 6.45) is 3.44. The molecule has 0 aliphatic heterocycles. The molecule has 3 nitrogen and oxygen atoms in total. The van der Waals surface area contributed by atoms with Crippen LogP contribution in [0.1, 0.15) is 25.3 Å². The van der Waals surface area contributed by atoms with Crippen LogP contribution in [0.3, 0.4) is 0 Å². The fourth-order valence-corrected chi connectivity index (χ4v) is 1.74. The van der Waals surface area contributed by atoms with Gasteiger partial charge in [-0.05, 0) is 17.0 Å². The maximum absolute atomic E-state index is 11.2. The van der Waals surface area contributed by atoms with Gasteiger partial charge < -0.3 is 4.57 Å². The second kappa shape index (κ2) is 4.53. The molecule has 0 bridgehead atoms. The average molecular weight is 228 g/mol. The normalized spacial score (nSPS) is 10.8. The summed E-state index contributed by atoms with van der Waals surface area (Å²) >= 11 is 0. The molecule has 0 fully saturated rings. The van der Waals surface area contributed by atoms with Crippen molar-refractivity contribution in [2.75, 3.05) is 0 Å². The fraction of sp³-hybridized carbons (Fsp3) is 0.286. The number of hydrogen-bond acceptors (Lipinski definition) is 2. The van der Waals surface area contributed by atoms with Gasteiger partial charge in [0.1, 0.15) is 0 Å². The van der Waals surface area contributed by atoms with E-state index in [4.69, 9.17) is 0 Å². The van der Waals surface area contributed by atoms with Crippen molar-refractivity contribution in [3.05, 3.63) is 52.7 Å². The highest BCUT2D eigenvalue weighted by Gasteiger charge is 2.03. The Bertz CT molecular complexity index is 585. The molecule has 1 heterocycles. The maximum atomic E-state index is 11.2. The Morgan fingerprint density at radius 1 is 1.24 bits per heavy atom. The van der Waals surface area contributed by atoms with E-state index in [1.807, 2.05) is 18.3 Å². The molecule has 0 aliphatic rings. The molecule has 2 aromatic rings. The minimum absolute atomic E-state index is 0.228. The predicted octanol–water partition coefficient (Wildman–Crippen LogP) is 2.57. The van der Waals surface area contributed by atoms with Gasteiger partial charge in [-0.15, -0.1) is 0 Å². The third-order valence-corrected chi connectivity index (χ3v) is 2.84. The molecule has 0 atom stereocenters. The molecule has 0 aliphatic carbocycles. The zero-order valence-electron chi connectivity index (χ0n) is 10.3. The molecule has 0 amide bonds. The van der Waals surface area contributed by atoms with Gasteiger partial charge in [-0.1, -0.05) is 38.1 Å². The lowest BCUT2D eigenvalue weighted by atomic mass is 9.99. The molecule has 0 saturated heterocycles. The second-order valence-electron chi connectivity index (χ2n) is 4.52. The lowest BCUT2D eigenvalue weighted by Crippen LogP contribution is -2.18. The molecule has 0 N–H and O–H groups in total. The van der Waals surface area contributed by atoms with Gasteiger partial charge in [0.25, 0.3) is 0 Å². The first-order valence-electron chi connectivity index (χ1n) is 5.71. The van der Waals surface area contributed by atoms with Gasteiger partial charge in [-0.2, -0.15) is 0 Å². The largest absolute Gasteiger partial charge is 0.347 e. The van der Waals surface area contributed by atoms with Crippen LogP contribution in [0.5, 0.6) is 0 Å². The van der Waals surface area contributed by atoms with Crippen molar-refractivity contribution in [3.8, 4) is 11.1 Å². The minimum atomic E-state index is -0.228. The third-order valence-electron chi connectivity index (χ3n) is 2.84. The standard InChI is InChI=1S/C14H16N2O/c1-10(2)11-5-4-6-12(7-11)13-8-15-14(17)16(3)9-13/h4-10H,1-3H3. The van der Waals surface area contributed by atoms with Crippen LogP contribution in [0.15, 0.2) is 41.5 Å². The molecular weight excluding hydrogens is 212 g/mol. The van der Waals surface area contributed by atoms with Crippen LogP contribution in [-0.4, -0.2) is 9.55 Å². The van der Waals surface area contributed by atoms with Gasteiger partial charge >= 0.3 is 5.69 Å². The number of aryl methyl sites for hydroxylation is 1. The van der Waals surface area contributed by atoms with Crippen LogP contribution < -0.4 is 5.69 Å². The van der Waals surface area contributed by atoms with E-state index >= 15 is 0 Å². The summed E-state index contributed by atoms with van der Waals surface area (Å²) in [6, 6.07) is 8.33. The van der Waals surface area contributed by atoms with Crippen LogP contribution in [-0.2, 0) is 7.05 Å². The van der Waals surface area contributed by atoms with E-state index in [9.17, 15) is 4.79 Å². The first kappa shape index (κ1) is 11.6. The highest BCUT2D eigenvalue weighted by molar-refractivity contribution is 5.62. The minimum Gasteiger partial charge on any atom is -0.302 e. The van der Waals surface area contributed by atoms with Crippen molar-refractivity contribution >= 4 is 0 Å². The molecule has 0 spiro atoms. The first-order valence-corrected chi connectivity index (χ1v) is 5.71. The monoisotopic (exact) mass is 228 g/mol. The summed E-state index contributed by atoms with van der Waals surface area (Å²) in [5, 5.41) is 0. The summed E-state index contributed by atoms with van der Waals surface area (Å²) < 4.78 is 1.50. The second-order valence-corrected chi connectivity index (χ2v) is 4.52. The zero-order valence-corrected chi connectivity index (χ0v) is 10.3. The van der Waals surface area contributed by atoms with Crippen LogP contribution in [0, 0.1) is 0 Å². The Kier molecular flexibility index (Phi) is 3.09. The Labute approximate surface area is 101 Å². The Hall–Kier alpha value is -1.90. The van der Waals surface area contributed by atoms with E-state index in [2.05, 4.69) is 31.0 Å².